The summed E-state index contributed by atoms with van der Waals surface area (Å²) < 4.78 is 0. The third-order valence-electron chi connectivity index (χ3n) is 4.78. The van der Waals surface area contributed by atoms with Crippen molar-refractivity contribution in [2.24, 2.45) is 0 Å². The summed E-state index contributed by atoms with van der Waals surface area (Å²) in [5.74, 6) is -0.214. The fourth-order valence-corrected chi connectivity index (χ4v) is 3.52. The molecule has 0 aliphatic carbocycles. The summed E-state index contributed by atoms with van der Waals surface area (Å²) in [7, 11) is 0. The van der Waals surface area contributed by atoms with Crippen molar-refractivity contribution in [3.63, 3.8) is 0 Å². The molecular formula is C18H26N4O3. The van der Waals surface area contributed by atoms with Crippen LogP contribution in [0.4, 0.5) is 16.2 Å². The van der Waals surface area contributed by atoms with Crippen molar-refractivity contribution in [1.82, 2.24) is 10.6 Å². The molecule has 0 spiro atoms. The van der Waals surface area contributed by atoms with Crippen LogP contribution in [0.1, 0.15) is 31.7 Å². The van der Waals surface area contributed by atoms with E-state index in [1.807, 2.05) is 25.1 Å². The molecule has 0 saturated carbocycles. The molecule has 1 saturated heterocycles. The number of carbonyl (C=O) groups excluding carboxylic acids is 2. The lowest BCUT2D eigenvalue weighted by Gasteiger charge is -2.32. The maximum atomic E-state index is 12.3. The molecule has 1 aromatic carbocycles. The molecule has 1 fully saturated rings. The van der Waals surface area contributed by atoms with Crippen LogP contribution in [0, 0.1) is 0 Å². The van der Waals surface area contributed by atoms with Gasteiger partial charge in [-0.25, -0.2) is 4.79 Å². The third-order valence-corrected chi connectivity index (χ3v) is 4.78. The highest BCUT2D eigenvalue weighted by Crippen LogP contribution is 2.31. The highest BCUT2D eigenvalue weighted by Gasteiger charge is 2.32. The Labute approximate surface area is 147 Å². The van der Waals surface area contributed by atoms with Crippen LogP contribution >= 0.6 is 0 Å². The minimum absolute atomic E-state index is 0.0666. The number of piperidine rings is 1. The van der Waals surface area contributed by atoms with Gasteiger partial charge in [-0.05, 0) is 50.4 Å². The van der Waals surface area contributed by atoms with Gasteiger partial charge < -0.3 is 21.1 Å². The van der Waals surface area contributed by atoms with Gasteiger partial charge in [0, 0.05) is 25.3 Å². The van der Waals surface area contributed by atoms with Crippen molar-refractivity contribution in [2.45, 2.75) is 38.2 Å². The van der Waals surface area contributed by atoms with Crippen molar-refractivity contribution >= 4 is 23.3 Å². The number of carbonyl (C=O) groups is 2. The molecular weight excluding hydrogens is 320 g/mol. The van der Waals surface area contributed by atoms with E-state index < -0.39 is 5.60 Å². The molecule has 7 nitrogen and oxygen atoms in total. The number of nitrogens with one attached hydrogen (secondary N) is 3. The van der Waals surface area contributed by atoms with Crippen LogP contribution in [0.5, 0.6) is 0 Å². The van der Waals surface area contributed by atoms with E-state index in [1.54, 1.807) is 4.90 Å². The van der Waals surface area contributed by atoms with Crippen LogP contribution in [0.25, 0.3) is 0 Å². The van der Waals surface area contributed by atoms with Crippen molar-refractivity contribution in [1.29, 1.82) is 0 Å². The molecule has 2 heterocycles. The number of hydrogen-bond donors (Lipinski definition) is 4. The van der Waals surface area contributed by atoms with E-state index in [4.69, 9.17) is 0 Å². The molecule has 0 aromatic heterocycles. The molecule has 2 aliphatic rings. The van der Waals surface area contributed by atoms with E-state index in [9.17, 15) is 14.7 Å². The molecule has 3 amide bonds. The Morgan fingerprint density at radius 1 is 1.40 bits per heavy atom. The fourth-order valence-electron chi connectivity index (χ4n) is 3.52. The number of anilines is 2. The third kappa shape index (κ3) is 4.11. The molecule has 7 heteroatoms. The Morgan fingerprint density at radius 3 is 2.96 bits per heavy atom. The number of fused-ring (bicyclic) bond motifs is 1. The molecule has 136 valence electrons. The van der Waals surface area contributed by atoms with E-state index in [0.717, 1.165) is 30.6 Å². The summed E-state index contributed by atoms with van der Waals surface area (Å²) in [6.45, 7) is 4.42. The predicted octanol–water partition coefficient (Wildman–Crippen LogP) is 1.22. The second-order valence-corrected chi connectivity index (χ2v) is 6.81. The molecule has 1 atom stereocenters. The van der Waals surface area contributed by atoms with Crippen molar-refractivity contribution < 1.29 is 14.7 Å². The van der Waals surface area contributed by atoms with Gasteiger partial charge in [-0.1, -0.05) is 6.07 Å². The zero-order valence-electron chi connectivity index (χ0n) is 14.6. The average Bonchev–Trinajstić information content (AvgIpc) is 2.98. The number of rotatable bonds is 4. The zero-order chi connectivity index (χ0) is 17.9. The average molecular weight is 346 g/mol. The molecule has 25 heavy (non-hydrogen) atoms. The molecule has 2 aliphatic heterocycles. The minimum atomic E-state index is -0.980. The van der Waals surface area contributed by atoms with Crippen LogP contribution in [0.15, 0.2) is 18.2 Å². The van der Waals surface area contributed by atoms with E-state index in [-0.39, 0.29) is 18.4 Å². The highest BCUT2D eigenvalue weighted by atomic mass is 16.3. The minimum Gasteiger partial charge on any atom is -0.388 e. The number of urea groups is 1. The Morgan fingerprint density at radius 2 is 2.24 bits per heavy atom. The van der Waals surface area contributed by atoms with Gasteiger partial charge in [-0.15, -0.1) is 0 Å². The standard InChI is InChI=1S/C18H26N4O3/c1-2-20-17(24)22-9-6-13-4-5-14(10-15(13)22)21-16(23)11-18(25)7-3-8-19-12-18/h4-5,10,19,25H,2-3,6-9,11-12H2,1H3,(H,20,24)(H,21,23). The van der Waals surface area contributed by atoms with E-state index in [2.05, 4.69) is 16.0 Å². The van der Waals surface area contributed by atoms with Gasteiger partial charge in [-0.2, -0.15) is 0 Å². The number of amides is 3. The molecule has 4 N–H and O–H groups in total. The van der Waals surface area contributed by atoms with Crippen LogP contribution < -0.4 is 20.9 Å². The van der Waals surface area contributed by atoms with Crippen LogP contribution in [-0.2, 0) is 11.2 Å². The monoisotopic (exact) mass is 346 g/mol. The Balaban J connectivity index is 1.66. The first kappa shape index (κ1) is 17.7. The predicted molar refractivity (Wildman–Crippen MR) is 96.9 cm³/mol. The molecule has 3 rings (SSSR count). The summed E-state index contributed by atoms with van der Waals surface area (Å²) in [6.07, 6.45) is 2.37. The fraction of sp³-hybridized carbons (Fsp3) is 0.556. The lowest BCUT2D eigenvalue weighted by atomic mass is 9.90. The number of hydrogen-bond acceptors (Lipinski definition) is 4. The normalized spacial score (nSPS) is 22.4. The molecule has 1 aromatic rings. The first-order valence-electron chi connectivity index (χ1n) is 8.92. The maximum Gasteiger partial charge on any atom is 0.321 e. The van der Waals surface area contributed by atoms with Crippen LogP contribution in [0.3, 0.4) is 0 Å². The largest absolute Gasteiger partial charge is 0.388 e. The van der Waals surface area contributed by atoms with Crippen molar-refractivity contribution in [3.05, 3.63) is 23.8 Å². The van der Waals surface area contributed by atoms with Gasteiger partial charge in [0.05, 0.1) is 17.7 Å². The van der Waals surface area contributed by atoms with Gasteiger partial charge >= 0.3 is 6.03 Å². The quantitative estimate of drug-likeness (QED) is 0.659. The van der Waals surface area contributed by atoms with Crippen LogP contribution in [-0.4, -0.2) is 48.8 Å². The number of aliphatic hydroxyl groups is 1. The first-order valence-corrected chi connectivity index (χ1v) is 8.92. The van der Waals surface area contributed by atoms with Gasteiger partial charge in [0.2, 0.25) is 5.91 Å². The number of nitrogens with zero attached hydrogens (tertiary/aromatic N) is 1. The first-order chi connectivity index (χ1) is 12.0. The molecule has 0 radical (unpaired) electrons. The van der Waals surface area contributed by atoms with Crippen LogP contribution in [0.2, 0.25) is 0 Å². The van der Waals surface area contributed by atoms with Gasteiger partial charge in [0.1, 0.15) is 0 Å². The zero-order valence-corrected chi connectivity index (χ0v) is 14.6. The summed E-state index contributed by atoms with van der Waals surface area (Å²) in [4.78, 5) is 26.1. The summed E-state index contributed by atoms with van der Waals surface area (Å²) in [5, 5.41) is 19.2. The molecule has 0 bridgehead atoms. The number of benzene rings is 1. The van der Waals surface area contributed by atoms with Crippen molar-refractivity contribution in [3.8, 4) is 0 Å². The van der Waals surface area contributed by atoms with Gasteiger partial charge in [0.25, 0.3) is 0 Å². The smallest absolute Gasteiger partial charge is 0.321 e. The maximum absolute atomic E-state index is 12.3. The van der Waals surface area contributed by atoms with Gasteiger partial charge in [0.15, 0.2) is 0 Å². The Bertz CT molecular complexity index is 656. The Kier molecular flexibility index (Phi) is 5.24. The second-order valence-electron chi connectivity index (χ2n) is 6.81. The van der Waals surface area contributed by atoms with E-state index in [0.29, 0.717) is 31.7 Å². The van der Waals surface area contributed by atoms with E-state index in [1.165, 1.54) is 0 Å². The SMILES string of the molecule is CCNC(=O)N1CCc2ccc(NC(=O)CC3(O)CCCNC3)cc21. The van der Waals surface area contributed by atoms with E-state index >= 15 is 0 Å². The summed E-state index contributed by atoms with van der Waals surface area (Å²) in [5.41, 5.74) is 1.60. The topological polar surface area (TPSA) is 93.7 Å². The van der Waals surface area contributed by atoms with Crippen molar-refractivity contribution in [2.75, 3.05) is 36.4 Å². The molecule has 1 unspecified atom stereocenters. The highest BCUT2D eigenvalue weighted by molar-refractivity contribution is 5.97. The summed E-state index contributed by atoms with van der Waals surface area (Å²) >= 11 is 0. The Hall–Kier alpha value is -2.12. The lowest BCUT2D eigenvalue weighted by molar-refractivity contribution is -0.121. The number of β-amino-alcohol motifs (C(OH)–C–C–N with tert-alkyl or cyclic N) is 1. The lowest BCUT2D eigenvalue weighted by Crippen LogP contribution is -2.47. The second kappa shape index (κ2) is 7.41. The van der Waals surface area contributed by atoms with Gasteiger partial charge in [-0.3, -0.25) is 9.69 Å². The summed E-state index contributed by atoms with van der Waals surface area (Å²) in [6, 6.07) is 5.51.